The van der Waals surface area contributed by atoms with Crippen LogP contribution in [0.1, 0.15) is 12.6 Å². The molecule has 0 aliphatic heterocycles. The summed E-state index contributed by atoms with van der Waals surface area (Å²) in [7, 11) is 0. The number of H-pyrrole nitrogens is 1. The number of nitrogens with one attached hydrogen (secondary N) is 1. The van der Waals surface area contributed by atoms with Crippen molar-refractivity contribution in [2.24, 2.45) is 0 Å². The fourth-order valence-corrected chi connectivity index (χ4v) is 0.925. The molecule has 1 N–H and O–H groups in total. The first-order chi connectivity index (χ1) is 4.24. The van der Waals surface area contributed by atoms with E-state index in [0.717, 1.165) is 10.6 Å². The predicted molar refractivity (Wildman–Crippen MR) is 40.4 cm³/mol. The normalized spacial score (nSPS) is 12.4. The molecule has 0 fully saturated rings. The summed E-state index contributed by atoms with van der Waals surface area (Å²) in [5, 5.41) is 2.21. The first-order valence-corrected chi connectivity index (χ1v) is 3.05. The second-order valence-corrected chi connectivity index (χ2v) is 2.18. The zero-order chi connectivity index (χ0) is 6.85. The Bertz CT molecular complexity index is 293. The van der Waals surface area contributed by atoms with Crippen molar-refractivity contribution in [3.8, 4) is 0 Å². The van der Waals surface area contributed by atoms with Crippen LogP contribution in [-0.4, -0.2) is 4.98 Å². The molecule has 0 radical (unpaired) electrons. The zero-order valence-corrected chi connectivity index (χ0v) is 5.86. The van der Waals surface area contributed by atoms with Gasteiger partial charge in [-0.15, -0.1) is 0 Å². The lowest BCUT2D eigenvalue weighted by molar-refractivity contribution is 1.22. The fourth-order valence-electron chi connectivity index (χ4n) is 0.925. The number of aromatic nitrogens is 1. The topological polar surface area (TPSA) is 15.8 Å². The Kier molecular flexibility index (Phi) is 1.43. The van der Waals surface area contributed by atoms with E-state index >= 15 is 0 Å². The molecule has 0 spiro atoms. The summed E-state index contributed by atoms with van der Waals surface area (Å²) in [6, 6.07) is 2.04. The van der Waals surface area contributed by atoms with Crippen molar-refractivity contribution >= 4 is 12.7 Å². The van der Waals surface area contributed by atoms with Gasteiger partial charge in [-0.2, -0.15) is 0 Å². The van der Waals surface area contributed by atoms with E-state index in [1.54, 1.807) is 0 Å². The third kappa shape index (κ3) is 1.04. The van der Waals surface area contributed by atoms with Crippen molar-refractivity contribution in [2.75, 3.05) is 0 Å². The van der Waals surface area contributed by atoms with Crippen LogP contribution in [0.15, 0.2) is 6.07 Å². The number of aryl methyl sites for hydroxylation is 1. The van der Waals surface area contributed by atoms with Crippen LogP contribution in [0.2, 0.25) is 0 Å². The maximum Gasteiger partial charge on any atom is 0.0406 e. The van der Waals surface area contributed by atoms with Gasteiger partial charge in [0.1, 0.15) is 0 Å². The van der Waals surface area contributed by atoms with Gasteiger partial charge in [-0.1, -0.05) is 12.7 Å². The van der Waals surface area contributed by atoms with Crippen molar-refractivity contribution in [3.63, 3.8) is 0 Å². The molecule has 9 heavy (non-hydrogen) atoms. The maximum absolute atomic E-state index is 3.85. The lowest BCUT2D eigenvalue weighted by atomic mass is 10.4. The van der Waals surface area contributed by atoms with Crippen LogP contribution < -0.4 is 10.6 Å². The Morgan fingerprint density at radius 1 is 1.67 bits per heavy atom. The minimum Gasteiger partial charge on any atom is -0.359 e. The highest BCUT2D eigenvalue weighted by molar-refractivity contribution is 5.21. The summed E-state index contributed by atoms with van der Waals surface area (Å²) < 4.78 is 0. The standard InChI is InChI=1S/C8H11N/c1-4-8-6(2)5-7(3)9-8/h4-5,9H,2H2,1,3H3/b8-4-. The molecule has 1 nitrogen and oxygen atoms in total. The summed E-state index contributed by atoms with van der Waals surface area (Å²) in [4.78, 5) is 3.18. The first kappa shape index (κ1) is 6.14. The third-order valence-corrected chi connectivity index (χ3v) is 1.36. The van der Waals surface area contributed by atoms with Gasteiger partial charge in [0.25, 0.3) is 0 Å². The van der Waals surface area contributed by atoms with Gasteiger partial charge in [-0.3, -0.25) is 0 Å². The Hall–Kier alpha value is -0.980. The molecule has 0 aliphatic rings. The molecular formula is C8H11N. The SMILES string of the molecule is C=c1cc(C)[nH]/c1=C\C. The predicted octanol–water partition coefficient (Wildman–Crippen LogP) is 0.534. The van der Waals surface area contributed by atoms with Crippen molar-refractivity contribution < 1.29 is 0 Å². The van der Waals surface area contributed by atoms with Crippen LogP contribution in [0.3, 0.4) is 0 Å². The van der Waals surface area contributed by atoms with Crippen LogP contribution >= 0.6 is 0 Å². The van der Waals surface area contributed by atoms with Gasteiger partial charge < -0.3 is 4.98 Å². The number of hydrogen-bond donors (Lipinski definition) is 1. The molecule has 1 aromatic rings. The molecule has 1 aromatic heterocycles. The van der Waals surface area contributed by atoms with E-state index in [2.05, 4.69) is 11.6 Å². The number of rotatable bonds is 0. The lowest BCUT2D eigenvalue weighted by Gasteiger charge is -1.74. The molecule has 0 aliphatic carbocycles. The van der Waals surface area contributed by atoms with Gasteiger partial charge in [0.15, 0.2) is 0 Å². The van der Waals surface area contributed by atoms with E-state index in [-0.39, 0.29) is 0 Å². The smallest absolute Gasteiger partial charge is 0.0406 e. The average Bonchev–Trinajstić information content (AvgIpc) is 2.10. The van der Waals surface area contributed by atoms with E-state index in [9.17, 15) is 0 Å². The summed E-state index contributed by atoms with van der Waals surface area (Å²) in [5.74, 6) is 0. The summed E-state index contributed by atoms with van der Waals surface area (Å²) in [6.45, 7) is 7.88. The molecule has 0 aromatic carbocycles. The summed E-state index contributed by atoms with van der Waals surface area (Å²) >= 11 is 0. The van der Waals surface area contributed by atoms with Crippen molar-refractivity contribution in [1.82, 2.24) is 4.98 Å². The molecular weight excluding hydrogens is 110 g/mol. The molecule has 1 rings (SSSR count). The zero-order valence-electron chi connectivity index (χ0n) is 5.86. The third-order valence-electron chi connectivity index (χ3n) is 1.36. The molecule has 1 heterocycles. The lowest BCUT2D eigenvalue weighted by Crippen LogP contribution is -2.19. The quantitative estimate of drug-likeness (QED) is 0.515. The van der Waals surface area contributed by atoms with E-state index in [1.807, 2.05) is 26.0 Å². The largest absolute Gasteiger partial charge is 0.359 e. The molecule has 48 valence electrons. The first-order valence-electron chi connectivity index (χ1n) is 3.05. The highest BCUT2D eigenvalue weighted by atomic mass is 14.7. The van der Waals surface area contributed by atoms with Crippen molar-refractivity contribution in [2.45, 2.75) is 13.8 Å². The minimum atomic E-state index is 1.08. The summed E-state index contributed by atoms with van der Waals surface area (Å²) in [5.41, 5.74) is 1.17. The maximum atomic E-state index is 3.85. The van der Waals surface area contributed by atoms with Gasteiger partial charge in [0.2, 0.25) is 0 Å². The Labute approximate surface area is 54.7 Å². The summed E-state index contributed by atoms with van der Waals surface area (Å²) in [6.07, 6.45) is 2.02. The highest BCUT2D eigenvalue weighted by Gasteiger charge is 1.84. The molecule has 1 heteroatoms. The van der Waals surface area contributed by atoms with Gasteiger partial charge >= 0.3 is 0 Å². The molecule has 0 bridgehead atoms. The molecule has 0 amide bonds. The van der Waals surface area contributed by atoms with Crippen molar-refractivity contribution in [1.29, 1.82) is 0 Å². The van der Waals surface area contributed by atoms with Gasteiger partial charge in [0, 0.05) is 11.0 Å². The number of aromatic amines is 1. The minimum absolute atomic E-state index is 1.08. The van der Waals surface area contributed by atoms with Crippen LogP contribution in [0, 0.1) is 6.92 Å². The van der Waals surface area contributed by atoms with Gasteiger partial charge in [-0.05, 0) is 25.1 Å². The molecule has 0 unspecified atom stereocenters. The second kappa shape index (κ2) is 2.09. The van der Waals surface area contributed by atoms with Gasteiger partial charge in [0.05, 0.1) is 0 Å². The molecule has 0 saturated carbocycles. The Balaban J connectivity index is 3.52. The second-order valence-electron chi connectivity index (χ2n) is 2.18. The monoisotopic (exact) mass is 121 g/mol. The van der Waals surface area contributed by atoms with E-state index in [0.29, 0.717) is 0 Å². The average molecular weight is 121 g/mol. The van der Waals surface area contributed by atoms with Gasteiger partial charge in [-0.25, -0.2) is 0 Å². The van der Waals surface area contributed by atoms with Crippen LogP contribution in [0.25, 0.3) is 12.7 Å². The van der Waals surface area contributed by atoms with Crippen LogP contribution in [0.4, 0.5) is 0 Å². The van der Waals surface area contributed by atoms with Crippen LogP contribution in [0.5, 0.6) is 0 Å². The number of hydrogen-bond acceptors (Lipinski definition) is 0. The molecule has 0 atom stereocenters. The molecule has 0 saturated heterocycles. The van der Waals surface area contributed by atoms with E-state index in [4.69, 9.17) is 0 Å². The van der Waals surface area contributed by atoms with Crippen LogP contribution in [-0.2, 0) is 0 Å². The Morgan fingerprint density at radius 3 is 2.56 bits per heavy atom. The van der Waals surface area contributed by atoms with E-state index in [1.165, 1.54) is 5.69 Å². The van der Waals surface area contributed by atoms with Crippen molar-refractivity contribution in [3.05, 3.63) is 22.3 Å². The highest BCUT2D eigenvalue weighted by Crippen LogP contribution is 1.76. The fraction of sp³-hybridized carbons (Fsp3) is 0.250. The van der Waals surface area contributed by atoms with E-state index < -0.39 is 0 Å². The Morgan fingerprint density at radius 2 is 2.33 bits per heavy atom.